The maximum absolute atomic E-state index is 12.6. The average molecular weight is 380 g/mol. The van der Waals surface area contributed by atoms with Crippen LogP contribution in [0.1, 0.15) is 29.0 Å². The van der Waals surface area contributed by atoms with Crippen LogP contribution in [0, 0.1) is 6.92 Å². The first-order valence-electron chi connectivity index (χ1n) is 8.47. The number of thiophene rings is 1. The van der Waals surface area contributed by atoms with Crippen LogP contribution in [0.25, 0.3) is 0 Å². The minimum atomic E-state index is -0.0729. The van der Waals surface area contributed by atoms with Crippen molar-refractivity contribution in [2.75, 3.05) is 26.2 Å². The molecule has 0 radical (unpaired) electrons. The summed E-state index contributed by atoms with van der Waals surface area (Å²) >= 11 is 1.68. The maximum atomic E-state index is 12.6. The third-order valence-electron chi connectivity index (χ3n) is 4.53. The van der Waals surface area contributed by atoms with Gasteiger partial charge in [-0.25, -0.2) is 0 Å². The predicted octanol–water partition coefficient (Wildman–Crippen LogP) is 2.98. The van der Waals surface area contributed by atoms with Crippen molar-refractivity contribution >= 4 is 29.7 Å². The molecule has 136 valence electrons. The fourth-order valence-corrected chi connectivity index (χ4v) is 3.84. The number of aryl methyl sites for hydroxylation is 1. The standard InChI is InChI=1S/C19H25N3OS.ClH/c1-14-5-7-16(8-6-14)19(17-4-3-11-24-17)21-18(23)13-22-10-9-20-12-15(22)2;/h3-8,11,15,19-20H,9-10,12-13H2,1-2H3,(H,21,23);1H/t15-,19?;/m1./s1. The molecule has 25 heavy (non-hydrogen) atoms. The summed E-state index contributed by atoms with van der Waals surface area (Å²) in [5.41, 5.74) is 2.36. The highest BCUT2D eigenvalue weighted by molar-refractivity contribution is 7.10. The largest absolute Gasteiger partial charge is 0.343 e. The maximum Gasteiger partial charge on any atom is 0.234 e. The molecule has 4 nitrogen and oxygen atoms in total. The first kappa shape index (κ1) is 19.9. The van der Waals surface area contributed by atoms with E-state index in [2.05, 4.69) is 65.1 Å². The van der Waals surface area contributed by atoms with Crippen LogP contribution in [0.4, 0.5) is 0 Å². The topological polar surface area (TPSA) is 44.4 Å². The van der Waals surface area contributed by atoms with E-state index in [0.717, 1.165) is 25.2 Å². The smallest absolute Gasteiger partial charge is 0.234 e. The lowest BCUT2D eigenvalue weighted by Gasteiger charge is -2.33. The Morgan fingerprint density at radius 2 is 2.12 bits per heavy atom. The van der Waals surface area contributed by atoms with E-state index in [1.165, 1.54) is 10.4 Å². The SMILES string of the molecule is Cc1ccc(C(NC(=O)CN2CCNC[C@H]2C)c2cccs2)cc1.Cl. The van der Waals surface area contributed by atoms with E-state index in [9.17, 15) is 4.79 Å². The number of amides is 1. The number of benzene rings is 1. The number of hydrogen-bond acceptors (Lipinski definition) is 4. The molecular weight excluding hydrogens is 354 g/mol. The van der Waals surface area contributed by atoms with Crippen molar-refractivity contribution in [1.29, 1.82) is 0 Å². The molecule has 1 fully saturated rings. The lowest BCUT2D eigenvalue weighted by Crippen LogP contribution is -2.52. The van der Waals surface area contributed by atoms with Gasteiger partial charge in [0.2, 0.25) is 5.91 Å². The van der Waals surface area contributed by atoms with Crippen LogP contribution in [0.15, 0.2) is 41.8 Å². The second-order valence-corrected chi connectivity index (χ2v) is 7.43. The molecule has 1 aromatic heterocycles. The highest BCUT2D eigenvalue weighted by Gasteiger charge is 2.23. The summed E-state index contributed by atoms with van der Waals surface area (Å²) in [6.45, 7) is 7.51. The second kappa shape index (κ2) is 9.34. The van der Waals surface area contributed by atoms with E-state index < -0.39 is 0 Å². The predicted molar refractivity (Wildman–Crippen MR) is 107 cm³/mol. The summed E-state index contributed by atoms with van der Waals surface area (Å²) in [5, 5.41) is 8.65. The number of piperazine rings is 1. The van der Waals surface area contributed by atoms with Gasteiger partial charge in [0.1, 0.15) is 0 Å². The van der Waals surface area contributed by atoms with E-state index in [4.69, 9.17) is 0 Å². The Hall–Kier alpha value is -1.40. The van der Waals surface area contributed by atoms with E-state index in [-0.39, 0.29) is 24.4 Å². The molecule has 3 rings (SSSR count). The van der Waals surface area contributed by atoms with Gasteiger partial charge in [-0.05, 0) is 30.9 Å². The number of nitrogens with one attached hydrogen (secondary N) is 2. The van der Waals surface area contributed by atoms with E-state index in [1.54, 1.807) is 11.3 Å². The number of carbonyl (C=O) groups is 1. The molecule has 1 unspecified atom stereocenters. The molecule has 1 aromatic carbocycles. The second-order valence-electron chi connectivity index (χ2n) is 6.45. The molecule has 1 aliphatic rings. The summed E-state index contributed by atoms with van der Waals surface area (Å²) in [5.74, 6) is 0.0859. The van der Waals surface area contributed by atoms with Gasteiger partial charge in [-0.1, -0.05) is 35.9 Å². The molecule has 1 amide bonds. The van der Waals surface area contributed by atoms with Crippen LogP contribution < -0.4 is 10.6 Å². The van der Waals surface area contributed by atoms with Crippen LogP contribution in [0.2, 0.25) is 0 Å². The molecule has 2 aromatic rings. The minimum Gasteiger partial charge on any atom is -0.343 e. The van der Waals surface area contributed by atoms with Crippen LogP contribution >= 0.6 is 23.7 Å². The first-order valence-corrected chi connectivity index (χ1v) is 9.35. The molecule has 0 saturated carbocycles. The molecule has 6 heteroatoms. The van der Waals surface area contributed by atoms with Gasteiger partial charge in [-0.2, -0.15) is 0 Å². The zero-order chi connectivity index (χ0) is 16.9. The molecule has 2 N–H and O–H groups in total. The zero-order valence-electron chi connectivity index (χ0n) is 14.7. The molecule has 2 atom stereocenters. The Morgan fingerprint density at radius 1 is 1.36 bits per heavy atom. The number of hydrogen-bond donors (Lipinski definition) is 2. The quantitative estimate of drug-likeness (QED) is 0.839. The summed E-state index contributed by atoms with van der Waals surface area (Å²) in [7, 11) is 0. The Bertz CT molecular complexity index is 660. The van der Waals surface area contributed by atoms with E-state index >= 15 is 0 Å². The Kier molecular flexibility index (Phi) is 7.44. The summed E-state index contributed by atoms with van der Waals surface area (Å²) in [6.07, 6.45) is 0. The van der Waals surface area contributed by atoms with Gasteiger partial charge in [-0.3, -0.25) is 9.69 Å². The van der Waals surface area contributed by atoms with Gasteiger partial charge >= 0.3 is 0 Å². The Balaban J connectivity index is 0.00000225. The normalized spacial score (nSPS) is 19.0. The average Bonchev–Trinajstić information content (AvgIpc) is 3.10. The number of carbonyl (C=O) groups excluding carboxylic acids is 1. The van der Waals surface area contributed by atoms with Gasteiger partial charge in [0, 0.05) is 30.6 Å². The minimum absolute atomic E-state index is 0. The molecule has 0 bridgehead atoms. The fraction of sp³-hybridized carbons (Fsp3) is 0.421. The van der Waals surface area contributed by atoms with Crippen LogP contribution in [0.3, 0.4) is 0 Å². The fourth-order valence-electron chi connectivity index (χ4n) is 3.04. The Labute approximate surface area is 160 Å². The monoisotopic (exact) mass is 379 g/mol. The zero-order valence-corrected chi connectivity index (χ0v) is 16.3. The summed E-state index contributed by atoms with van der Waals surface area (Å²) < 4.78 is 0. The van der Waals surface area contributed by atoms with Crippen molar-refractivity contribution in [3.05, 3.63) is 57.8 Å². The van der Waals surface area contributed by atoms with Gasteiger partial charge < -0.3 is 10.6 Å². The van der Waals surface area contributed by atoms with Gasteiger partial charge in [-0.15, -0.1) is 23.7 Å². The third kappa shape index (κ3) is 5.28. The molecule has 0 aliphatic carbocycles. The molecule has 2 heterocycles. The van der Waals surface area contributed by atoms with Gasteiger partial charge in [0.25, 0.3) is 0 Å². The summed E-state index contributed by atoms with van der Waals surface area (Å²) in [6, 6.07) is 12.8. The van der Waals surface area contributed by atoms with Crippen LogP contribution in [0.5, 0.6) is 0 Å². The third-order valence-corrected chi connectivity index (χ3v) is 5.47. The number of rotatable bonds is 5. The molecular formula is C19H26ClN3OS. The lowest BCUT2D eigenvalue weighted by atomic mass is 10.0. The van der Waals surface area contributed by atoms with Crippen LogP contribution in [-0.2, 0) is 4.79 Å². The van der Waals surface area contributed by atoms with E-state index in [1.807, 2.05) is 6.07 Å². The van der Waals surface area contributed by atoms with Crippen LogP contribution in [-0.4, -0.2) is 43.0 Å². The van der Waals surface area contributed by atoms with Crippen molar-refractivity contribution in [2.24, 2.45) is 0 Å². The van der Waals surface area contributed by atoms with Crippen molar-refractivity contribution in [3.8, 4) is 0 Å². The lowest BCUT2D eigenvalue weighted by molar-refractivity contribution is -0.123. The first-order chi connectivity index (χ1) is 11.6. The molecule has 1 aliphatic heterocycles. The highest BCUT2D eigenvalue weighted by atomic mass is 35.5. The van der Waals surface area contributed by atoms with Gasteiger partial charge in [0.05, 0.1) is 12.6 Å². The number of halogens is 1. The summed E-state index contributed by atoms with van der Waals surface area (Å²) in [4.78, 5) is 16.0. The van der Waals surface area contributed by atoms with Gasteiger partial charge in [0.15, 0.2) is 0 Å². The highest BCUT2D eigenvalue weighted by Crippen LogP contribution is 2.26. The van der Waals surface area contributed by atoms with E-state index in [0.29, 0.717) is 12.6 Å². The molecule has 1 saturated heterocycles. The van der Waals surface area contributed by atoms with Crippen molar-refractivity contribution < 1.29 is 4.79 Å². The number of nitrogens with zero attached hydrogens (tertiary/aromatic N) is 1. The molecule has 0 spiro atoms. The van der Waals surface area contributed by atoms with Crippen molar-refractivity contribution in [2.45, 2.75) is 25.9 Å². The Morgan fingerprint density at radius 3 is 2.76 bits per heavy atom. The van der Waals surface area contributed by atoms with Crippen molar-refractivity contribution in [3.63, 3.8) is 0 Å². The van der Waals surface area contributed by atoms with Crippen molar-refractivity contribution in [1.82, 2.24) is 15.5 Å².